The van der Waals surface area contributed by atoms with Crippen molar-refractivity contribution in [2.75, 3.05) is 7.11 Å². The number of hydrogen-bond acceptors (Lipinski definition) is 5. The third-order valence-corrected chi connectivity index (χ3v) is 6.16. The Balaban J connectivity index is 1.48. The van der Waals surface area contributed by atoms with Crippen molar-refractivity contribution in [3.05, 3.63) is 120 Å². The fourth-order valence-electron chi connectivity index (χ4n) is 4.18. The molecule has 2 N–H and O–H groups in total. The summed E-state index contributed by atoms with van der Waals surface area (Å²) < 4.78 is 10.3. The molecule has 0 heterocycles. The van der Waals surface area contributed by atoms with E-state index in [2.05, 4.69) is 10.6 Å². The minimum absolute atomic E-state index is 0.0686. The maximum absolute atomic E-state index is 13.4. The zero-order valence-electron chi connectivity index (χ0n) is 21.1. The Kier molecular flexibility index (Phi) is 9.07. The van der Waals surface area contributed by atoms with E-state index in [0.29, 0.717) is 0 Å². The maximum Gasteiger partial charge on any atom is 0.408 e. The second-order valence-electron chi connectivity index (χ2n) is 8.92. The van der Waals surface area contributed by atoms with Crippen molar-refractivity contribution >= 4 is 28.7 Å². The van der Waals surface area contributed by atoms with Gasteiger partial charge in [-0.3, -0.25) is 4.79 Å². The minimum Gasteiger partial charge on any atom is -0.467 e. The van der Waals surface area contributed by atoms with Crippen LogP contribution in [-0.4, -0.2) is 37.2 Å². The van der Waals surface area contributed by atoms with Gasteiger partial charge in [0.2, 0.25) is 5.91 Å². The summed E-state index contributed by atoms with van der Waals surface area (Å²) in [7, 11) is 1.28. The molecule has 0 aliphatic carbocycles. The molecule has 0 unspecified atom stereocenters. The first-order chi connectivity index (χ1) is 18.5. The van der Waals surface area contributed by atoms with Crippen molar-refractivity contribution in [3.8, 4) is 0 Å². The van der Waals surface area contributed by atoms with Gasteiger partial charge in [0.05, 0.1) is 7.11 Å². The van der Waals surface area contributed by atoms with Gasteiger partial charge >= 0.3 is 12.1 Å². The van der Waals surface area contributed by atoms with Crippen LogP contribution in [0.4, 0.5) is 4.79 Å². The molecule has 0 bridgehead atoms. The summed E-state index contributed by atoms with van der Waals surface area (Å²) in [5.41, 5.74) is 2.54. The van der Waals surface area contributed by atoms with Crippen LogP contribution in [0.1, 0.15) is 16.7 Å². The average molecular weight is 511 g/mol. The molecule has 0 saturated carbocycles. The van der Waals surface area contributed by atoms with Crippen molar-refractivity contribution < 1.29 is 23.9 Å². The molecule has 0 aromatic heterocycles. The molecule has 4 aromatic carbocycles. The molecule has 7 heteroatoms. The lowest BCUT2D eigenvalue weighted by Crippen LogP contribution is -2.53. The SMILES string of the molecule is COC(=O)[C@H](Cc1ccc2ccccc2c1)NC(=O)[C@H](Cc1ccccc1)NC(=O)OCc1ccccc1. The summed E-state index contributed by atoms with van der Waals surface area (Å²) in [6.07, 6.45) is -0.273. The van der Waals surface area contributed by atoms with Crippen molar-refractivity contribution in [3.63, 3.8) is 0 Å². The maximum atomic E-state index is 13.4. The highest BCUT2D eigenvalue weighted by Crippen LogP contribution is 2.17. The fourth-order valence-corrected chi connectivity index (χ4v) is 4.18. The Bertz CT molecular complexity index is 1370. The van der Waals surface area contributed by atoms with E-state index in [1.165, 1.54) is 7.11 Å². The van der Waals surface area contributed by atoms with E-state index < -0.39 is 30.1 Å². The number of benzene rings is 4. The molecule has 2 atom stereocenters. The van der Waals surface area contributed by atoms with Crippen molar-refractivity contribution in [2.45, 2.75) is 31.5 Å². The summed E-state index contributed by atoms with van der Waals surface area (Å²) in [4.78, 5) is 38.6. The summed E-state index contributed by atoms with van der Waals surface area (Å²) in [6.45, 7) is 0.0686. The number of alkyl carbamates (subject to hydrolysis) is 1. The fraction of sp³-hybridized carbons (Fsp3) is 0.194. The molecule has 7 nitrogen and oxygen atoms in total. The van der Waals surface area contributed by atoms with Gasteiger partial charge in [0, 0.05) is 12.8 Å². The number of nitrogens with one attached hydrogen (secondary N) is 2. The van der Waals surface area contributed by atoms with Crippen molar-refractivity contribution in [1.29, 1.82) is 0 Å². The molecule has 4 aromatic rings. The van der Waals surface area contributed by atoms with Gasteiger partial charge in [-0.1, -0.05) is 103 Å². The largest absolute Gasteiger partial charge is 0.467 e. The Morgan fingerprint density at radius 2 is 1.26 bits per heavy atom. The number of rotatable bonds is 10. The number of hydrogen-bond donors (Lipinski definition) is 2. The van der Waals surface area contributed by atoms with Gasteiger partial charge in [-0.2, -0.15) is 0 Å². The second-order valence-corrected chi connectivity index (χ2v) is 8.92. The average Bonchev–Trinajstić information content (AvgIpc) is 2.96. The first kappa shape index (κ1) is 26.4. The van der Waals surface area contributed by atoms with Crippen LogP contribution in [0.15, 0.2) is 103 Å². The minimum atomic E-state index is -0.968. The van der Waals surface area contributed by atoms with Crippen LogP contribution in [0, 0.1) is 0 Å². The van der Waals surface area contributed by atoms with Crippen LogP contribution < -0.4 is 10.6 Å². The normalized spacial score (nSPS) is 12.2. The highest BCUT2D eigenvalue weighted by atomic mass is 16.5. The molecule has 0 radical (unpaired) electrons. The van der Waals surface area contributed by atoms with Gasteiger partial charge < -0.3 is 20.1 Å². The van der Waals surface area contributed by atoms with Crippen LogP contribution in [0.25, 0.3) is 10.8 Å². The summed E-state index contributed by atoms with van der Waals surface area (Å²) in [5.74, 6) is -1.08. The van der Waals surface area contributed by atoms with Gasteiger partial charge in [0.25, 0.3) is 0 Å². The second kappa shape index (κ2) is 13.1. The zero-order valence-corrected chi connectivity index (χ0v) is 21.1. The summed E-state index contributed by atoms with van der Waals surface area (Å²) in [5, 5.41) is 7.55. The van der Waals surface area contributed by atoms with Gasteiger partial charge in [0.15, 0.2) is 0 Å². The molecule has 0 fully saturated rings. The monoisotopic (exact) mass is 510 g/mol. The van der Waals surface area contributed by atoms with Gasteiger partial charge in [-0.25, -0.2) is 9.59 Å². The predicted octanol–water partition coefficient (Wildman–Crippen LogP) is 4.58. The Labute approximate surface area is 221 Å². The lowest BCUT2D eigenvalue weighted by molar-refractivity contribution is -0.145. The molecule has 194 valence electrons. The predicted molar refractivity (Wildman–Crippen MR) is 145 cm³/mol. The number of amides is 2. The molecule has 38 heavy (non-hydrogen) atoms. The third-order valence-electron chi connectivity index (χ3n) is 6.16. The summed E-state index contributed by atoms with van der Waals surface area (Å²) >= 11 is 0. The molecular weight excluding hydrogens is 480 g/mol. The molecule has 0 aliphatic rings. The van der Waals surface area contributed by atoms with Gasteiger partial charge in [0.1, 0.15) is 18.7 Å². The quantitative estimate of drug-likeness (QED) is 0.305. The Hall–Kier alpha value is -4.65. The number of carbonyl (C=O) groups excluding carboxylic acids is 3. The van der Waals surface area contributed by atoms with E-state index in [9.17, 15) is 14.4 Å². The molecule has 2 amide bonds. The highest BCUT2D eigenvalue weighted by molar-refractivity contribution is 5.90. The third kappa shape index (κ3) is 7.43. The zero-order chi connectivity index (χ0) is 26.7. The molecular formula is C31H30N2O5. The van der Waals surface area contributed by atoms with E-state index in [1.54, 1.807) is 0 Å². The van der Waals surface area contributed by atoms with E-state index in [-0.39, 0.29) is 19.4 Å². The number of ether oxygens (including phenoxy) is 2. The van der Waals surface area contributed by atoms with Crippen molar-refractivity contribution in [2.24, 2.45) is 0 Å². The van der Waals surface area contributed by atoms with Gasteiger partial charge in [-0.05, 0) is 27.5 Å². The van der Waals surface area contributed by atoms with Crippen molar-refractivity contribution in [1.82, 2.24) is 10.6 Å². The number of methoxy groups -OCH3 is 1. The Morgan fingerprint density at radius 3 is 1.95 bits per heavy atom. The topological polar surface area (TPSA) is 93.7 Å². The van der Waals surface area contributed by atoms with E-state index in [1.807, 2.05) is 103 Å². The van der Waals surface area contributed by atoms with Crippen LogP contribution in [0.5, 0.6) is 0 Å². The number of carbonyl (C=O) groups is 3. The Morgan fingerprint density at radius 1 is 0.658 bits per heavy atom. The molecule has 0 saturated heterocycles. The van der Waals surface area contributed by atoms with E-state index in [4.69, 9.17) is 9.47 Å². The van der Waals surface area contributed by atoms with E-state index in [0.717, 1.165) is 27.5 Å². The molecule has 0 spiro atoms. The molecule has 4 rings (SSSR count). The number of fused-ring (bicyclic) bond motifs is 1. The lowest BCUT2D eigenvalue weighted by Gasteiger charge is -2.22. The molecule has 0 aliphatic heterocycles. The van der Waals surface area contributed by atoms with Crippen LogP contribution >= 0.6 is 0 Å². The standard InChI is InChI=1S/C31H30N2O5/c1-37-30(35)28(20-24-16-17-25-14-8-9-15-26(25)18-24)32-29(34)27(19-22-10-4-2-5-11-22)33-31(36)38-21-23-12-6-3-7-13-23/h2-18,27-28H,19-21H2,1H3,(H,32,34)(H,33,36)/t27-,28-/m0/s1. The lowest BCUT2D eigenvalue weighted by atomic mass is 10.0. The van der Waals surface area contributed by atoms with Crippen LogP contribution in [0.3, 0.4) is 0 Å². The highest BCUT2D eigenvalue weighted by Gasteiger charge is 2.28. The first-order valence-electron chi connectivity index (χ1n) is 12.4. The first-order valence-corrected chi connectivity index (χ1v) is 12.4. The van der Waals surface area contributed by atoms with E-state index >= 15 is 0 Å². The van der Waals surface area contributed by atoms with Crippen LogP contribution in [0.2, 0.25) is 0 Å². The van der Waals surface area contributed by atoms with Crippen LogP contribution in [-0.2, 0) is 38.5 Å². The summed E-state index contributed by atoms with van der Waals surface area (Å²) in [6, 6.07) is 30.5. The van der Waals surface area contributed by atoms with Gasteiger partial charge in [-0.15, -0.1) is 0 Å². The smallest absolute Gasteiger partial charge is 0.408 e. The number of esters is 1.